The van der Waals surface area contributed by atoms with Crippen molar-refractivity contribution in [1.82, 2.24) is 15.5 Å². The van der Waals surface area contributed by atoms with Crippen LogP contribution in [0.1, 0.15) is 0 Å². The fraction of sp³-hybridized carbons (Fsp3) is 0.500. The van der Waals surface area contributed by atoms with Gasteiger partial charge in [-0.2, -0.15) is 5.28 Å². The number of nitro groups is 1. The van der Waals surface area contributed by atoms with Gasteiger partial charge in [0.15, 0.2) is 0 Å². The topological polar surface area (TPSA) is 148 Å². The lowest BCUT2D eigenvalue weighted by atomic mass is 10.5. The Bertz CT molecular complexity index is 266. The maximum Gasteiger partial charge on any atom is 0.375 e. The maximum atomic E-state index is 10.8. The summed E-state index contributed by atoms with van der Waals surface area (Å²) in [6, 6.07) is 0. The normalized spacial score (nSPS) is 25.2. The molecule has 0 aliphatic carbocycles. The van der Waals surface area contributed by atoms with Gasteiger partial charge in [-0.1, -0.05) is 5.12 Å². The van der Waals surface area contributed by atoms with E-state index in [1.54, 1.807) is 0 Å². The summed E-state index contributed by atoms with van der Waals surface area (Å²) in [4.78, 5) is 29.7. The monoisotopic (exact) mass is 191 g/mol. The summed E-state index contributed by atoms with van der Waals surface area (Å²) in [5.41, 5.74) is 0. The van der Waals surface area contributed by atoms with Crippen LogP contribution in [-0.2, 0) is 4.79 Å². The highest BCUT2D eigenvalue weighted by Gasteiger charge is 2.49. The zero-order chi connectivity index (χ0) is 10.2. The molecule has 0 radical (unpaired) electrons. The molecule has 1 aliphatic heterocycles. The summed E-state index contributed by atoms with van der Waals surface area (Å²) >= 11 is 0. The Balaban J connectivity index is 2.97. The number of carbonyl (C=O) groups excluding carboxylic acids is 1. The van der Waals surface area contributed by atoms with Crippen molar-refractivity contribution < 1.29 is 9.72 Å². The summed E-state index contributed by atoms with van der Waals surface area (Å²) in [5.74, 6) is 3.42. The van der Waals surface area contributed by atoms with E-state index in [4.69, 9.17) is 5.84 Å². The van der Waals surface area contributed by atoms with Crippen molar-refractivity contribution in [1.29, 1.82) is 0 Å². The fourth-order valence-electron chi connectivity index (χ4n) is 0.750. The second-order valence-electron chi connectivity index (χ2n) is 2.00. The van der Waals surface area contributed by atoms with E-state index in [9.17, 15) is 25.0 Å². The molecule has 1 saturated heterocycles. The van der Waals surface area contributed by atoms with Gasteiger partial charge >= 0.3 is 12.1 Å². The van der Waals surface area contributed by atoms with Gasteiger partial charge in [-0.15, -0.1) is 10.0 Å². The Kier molecular flexibility index (Phi) is 2.16. The summed E-state index contributed by atoms with van der Waals surface area (Å²) < 4.78 is 0. The van der Waals surface area contributed by atoms with Crippen molar-refractivity contribution in [3.8, 4) is 0 Å². The van der Waals surface area contributed by atoms with E-state index in [0.717, 1.165) is 0 Å². The molecule has 72 valence electrons. The molecule has 0 bridgehead atoms. The Morgan fingerprint density at radius 3 is 2.38 bits per heavy atom. The molecule has 0 saturated carbocycles. The Labute approximate surface area is 69.9 Å². The van der Waals surface area contributed by atoms with Crippen LogP contribution < -0.4 is 5.84 Å². The molecule has 1 unspecified atom stereocenters. The van der Waals surface area contributed by atoms with E-state index < -0.39 is 22.3 Å². The van der Waals surface area contributed by atoms with Crippen LogP contribution in [0.15, 0.2) is 5.29 Å². The van der Waals surface area contributed by atoms with Gasteiger partial charge in [-0.25, -0.2) is 5.84 Å². The SMILES string of the molecule is NN1C([N+](=O)[O-])C(=O)N(N=O)N1[O-]. The predicted octanol–water partition coefficient (Wildman–Crippen LogP) is -2.08. The van der Waals surface area contributed by atoms with Gasteiger partial charge in [0, 0.05) is 0 Å². The highest BCUT2D eigenvalue weighted by molar-refractivity contribution is 5.80. The second-order valence-corrected chi connectivity index (χ2v) is 2.00. The standard InChI is InChI=1S/C2H3N6O5/c3-5-1(7(11)12)2(9)6(4-10)8(5)13/h1H,3H2/q-1. The molecule has 11 nitrogen and oxygen atoms in total. The average Bonchev–Trinajstić information content (AvgIpc) is 2.24. The van der Waals surface area contributed by atoms with Crippen LogP contribution in [0, 0.1) is 20.2 Å². The Morgan fingerprint density at radius 2 is 2.15 bits per heavy atom. The molecule has 2 N–H and O–H groups in total. The van der Waals surface area contributed by atoms with Gasteiger partial charge in [-0.05, 0) is 0 Å². The van der Waals surface area contributed by atoms with E-state index in [2.05, 4.69) is 0 Å². The smallest absolute Gasteiger partial charge is 0.375 e. The predicted molar refractivity (Wildman–Crippen MR) is 34.7 cm³/mol. The summed E-state index contributed by atoms with van der Waals surface area (Å²) in [5, 5.41) is 22.0. The summed E-state index contributed by atoms with van der Waals surface area (Å²) in [6.07, 6.45) is -2.10. The first-order chi connectivity index (χ1) is 6.00. The summed E-state index contributed by atoms with van der Waals surface area (Å²) in [6.45, 7) is 0. The quantitative estimate of drug-likeness (QED) is 0.226. The van der Waals surface area contributed by atoms with Crippen molar-refractivity contribution in [2.24, 2.45) is 11.1 Å². The largest absolute Gasteiger partial charge is 0.750 e. The Morgan fingerprint density at radius 1 is 1.62 bits per heavy atom. The van der Waals surface area contributed by atoms with Gasteiger partial charge in [0.25, 0.3) is 0 Å². The van der Waals surface area contributed by atoms with Gasteiger partial charge < -0.3 is 5.21 Å². The lowest BCUT2D eigenvalue weighted by Crippen LogP contribution is -2.48. The maximum absolute atomic E-state index is 10.8. The van der Waals surface area contributed by atoms with Crippen LogP contribution in [0.25, 0.3) is 0 Å². The molecule has 11 heteroatoms. The number of carbonyl (C=O) groups is 1. The summed E-state index contributed by atoms with van der Waals surface area (Å²) in [7, 11) is 0. The van der Waals surface area contributed by atoms with Crippen LogP contribution >= 0.6 is 0 Å². The zero-order valence-corrected chi connectivity index (χ0v) is 5.93. The minimum absolute atomic E-state index is 0.0519. The van der Waals surface area contributed by atoms with Crippen LogP contribution in [-0.4, -0.2) is 32.5 Å². The van der Waals surface area contributed by atoms with Crippen molar-refractivity contribution in [3.63, 3.8) is 0 Å². The molecule has 0 aromatic rings. The number of hydrogen-bond acceptors (Lipinski definition) is 9. The first-order valence-corrected chi connectivity index (χ1v) is 2.82. The molecule has 1 aliphatic rings. The second kappa shape index (κ2) is 2.98. The first-order valence-electron chi connectivity index (χ1n) is 2.82. The van der Waals surface area contributed by atoms with Crippen molar-refractivity contribution in [2.45, 2.75) is 6.17 Å². The van der Waals surface area contributed by atoms with Gasteiger partial charge in [0.2, 0.25) is 0 Å². The lowest BCUT2D eigenvalue weighted by molar-refractivity contribution is -0.539. The third-order valence-electron chi connectivity index (χ3n) is 1.31. The molecule has 1 heterocycles. The number of amides is 1. The number of hydrogen-bond donors (Lipinski definition) is 1. The van der Waals surface area contributed by atoms with E-state index >= 15 is 0 Å². The zero-order valence-electron chi connectivity index (χ0n) is 5.93. The third-order valence-corrected chi connectivity index (χ3v) is 1.31. The number of nitrogens with two attached hydrogens (primary N) is 1. The lowest BCUT2D eigenvalue weighted by Gasteiger charge is -2.28. The number of nitroso groups, excluding NO2 is 1. The number of rotatable bonds is 2. The van der Waals surface area contributed by atoms with Crippen LogP contribution in [0.4, 0.5) is 0 Å². The van der Waals surface area contributed by atoms with Crippen molar-refractivity contribution >= 4 is 5.91 Å². The molecule has 0 aromatic heterocycles. The first kappa shape index (κ1) is 9.40. The minimum Gasteiger partial charge on any atom is -0.750 e. The number of nitrogens with zero attached hydrogens (tertiary/aromatic N) is 5. The van der Waals surface area contributed by atoms with Crippen molar-refractivity contribution in [3.05, 3.63) is 20.2 Å². The molecular weight excluding hydrogens is 188 g/mol. The van der Waals surface area contributed by atoms with E-state index in [1.807, 2.05) is 5.29 Å². The molecule has 1 atom stereocenters. The minimum atomic E-state index is -2.10. The molecule has 13 heavy (non-hydrogen) atoms. The highest BCUT2D eigenvalue weighted by atomic mass is 16.7. The average molecular weight is 191 g/mol. The van der Waals surface area contributed by atoms with E-state index in [0.29, 0.717) is 0 Å². The van der Waals surface area contributed by atoms with Crippen molar-refractivity contribution in [2.75, 3.05) is 0 Å². The third kappa shape index (κ3) is 1.20. The molecular formula is C2H3N6O5-. The van der Waals surface area contributed by atoms with E-state index in [-0.39, 0.29) is 10.2 Å². The van der Waals surface area contributed by atoms with Gasteiger partial charge in [0.05, 0.1) is 10.2 Å². The molecule has 0 spiro atoms. The van der Waals surface area contributed by atoms with Crippen LogP contribution in [0.2, 0.25) is 0 Å². The molecule has 0 aromatic carbocycles. The van der Waals surface area contributed by atoms with Crippen LogP contribution in [0.5, 0.6) is 0 Å². The molecule has 1 fully saturated rings. The number of hydrazine groups is 3. The van der Waals surface area contributed by atoms with E-state index in [1.165, 1.54) is 0 Å². The fourth-order valence-corrected chi connectivity index (χ4v) is 0.750. The van der Waals surface area contributed by atoms with Gasteiger partial charge in [-0.3, -0.25) is 14.9 Å². The Hall–Kier alpha value is -1.69. The van der Waals surface area contributed by atoms with Gasteiger partial charge in [0.1, 0.15) is 0 Å². The molecule has 1 amide bonds. The van der Waals surface area contributed by atoms with Crippen LogP contribution in [0.3, 0.4) is 0 Å². The molecule has 1 rings (SSSR count). The highest BCUT2D eigenvalue weighted by Crippen LogP contribution is 2.15.